The van der Waals surface area contributed by atoms with E-state index in [9.17, 15) is 9.59 Å². The number of hydrogen-bond acceptors (Lipinski definition) is 5. The van der Waals surface area contributed by atoms with Crippen LogP contribution in [0.4, 0.5) is 0 Å². The number of carbonyl (C=O) groups is 2. The summed E-state index contributed by atoms with van der Waals surface area (Å²) < 4.78 is 10.5. The predicted octanol–water partition coefficient (Wildman–Crippen LogP) is 2.00. The molecule has 116 valence electrons. The Morgan fingerprint density at radius 3 is 2.64 bits per heavy atom. The number of carbonyl (C=O) groups excluding carboxylic acids is 2. The van der Waals surface area contributed by atoms with Crippen molar-refractivity contribution in [2.75, 3.05) is 0 Å². The van der Waals surface area contributed by atoms with Crippen LogP contribution in [0, 0.1) is 6.92 Å². The number of ether oxygens (including phenoxy) is 1. The van der Waals surface area contributed by atoms with Gasteiger partial charge in [-0.2, -0.15) is 0 Å². The standard InChI is InChI=1S/C16H18N2O4/c1-10-3-5-12(6-4-10)13-9-18-14(22-13)7-8-15(19)21-11(2)16(17)20/h3-6,9,11H,7-8H2,1-2H3,(H2,17,20)/t11-/m1/s1. The summed E-state index contributed by atoms with van der Waals surface area (Å²) in [7, 11) is 0. The second-order valence-electron chi connectivity index (χ2n) is 5.02. The van der Waals surface area contributed by atoms with Crippen molar-refractivity contribution in [2.45, 2.75) is 32.8 Å². The molecule has 0 saturated carbocycles. The molecule has 0 aliphatic carbocycles. The van der Waals surface area contributed by atoms with Gasteiger partial charge in [0.2, 0.25) is 0 Å². The first-order chi connectivity index (χ1) is 10.5. The summed E-state index contributed by atoms with van der Waals surface area (Å²) in [6.45, 7) is 3.44. The van der Waals surface area contributed by atoms with E-state index >= 15 is 0 Å². The average Bonchev–Trinajstić information content (AvgIpc) is 2.94. The highest BCUT2D eigenvalue weighted by Crippen LogP contribution is 2.21. The van der Waals surface area contributed by atoms with Gasteiger partial charge in [0.1, 0.15) is 0 Å². The van der Waals surface area contributed by atoms with Crippen LogP contribution in [0.25, 0.3) is 11.3 Å². The summed E-state index contributed by atoms with van der Waals surface area (Å²) in [5, 5.41) is 0. The first kappa shape index (κ1) is 15.8. The molecule has 1 aromatic carbocycles. The minimum Gasteiger partial charge on any atom is -0.453 e. The molecule has 22 heavy (non-hydrogen) atoms. The summed E-state index contributed by atoms with van der Waals surface area (Å²) in [5.74, 6) is -0.0966. The molecule has 1 atom stereocenters. The molecule has 1 aromatic heterocycles. The van der Waals surface area contributed by atoms with Gasteiger partial charge < -0.3 is 14.9 Å². The molecule has 0 bridgehead atoms. The Morgan fingerprint density at radius 1 is 1.32 bits per heavy atom. The zero-order valence-electron chi connectivity index (χ0n) is 12.5. The predicted molar refractivity (Wildman–Crippen MR) is 79.7 cm³/mol. The molecule has 0 unspecified atom stereocenters. The van der Waals surface area contributed by atoms with Crippen molar-refractivity contribution in [3.8, 4) is 11.3 Å². The van der Waals surface area contributed by atoms with E-state index in [1.807, 2.05) is 31.2 Å². The molecule has 2 rings (SSSR count). The average molecular weight is 302 g/mol. The molecule has 1 heterocycles. The number of nitrogens with zero attached hydrogens (tertiary/aromatic N) is 1. The third kappa shape index (κ3) is 4.18. The second-order valence-corrected chi connectivity index (χ2v) is 5.02. The van der Waals surface area contributed by atoms with Crippen molar-refractivity contribution in [1.29, 1.82) is 0 Å². The zero-order valence-corrected chi connectivity index (χ0v) is 12.5. The molecule has 6 nitrogen and oxygen atoms in total. The summed E-state index contributed by atoms with van der Waals surface area (Å²) in [6.07, 6.45) is 1.07. The maximum atomic E-state index is 11.5. The molecule has 0 aliphatic rings. The molecule has 0 fully saturated rings. The number of primary amides is 1. The van der Waals surface area contributed by atoms with Gasteiger partial charge in [0.25, 0.3) is 5.91 Å². The molecule has 0 saturated heterocycles. The van der Waals surface area contributed by atoms with Gasteiger partial charge >= 0.3 is 5.97 Å². The van der Waals surface area contributed by atoms with Gasteiger partial charge in [-0.05, 0) is 13.8 Å². The maximum absolute atomic E-state index is 11.5. The van der Waals surface area contributed by atoms with Crippen LogP contribution in [0.1, 0.15) is 24.8 Å². The van der Waals surface area contributed by atoms with Crippen LogP contribution in [-0.4, -0.2) is 23.0 Å². The van der Waals surface area contributed by atoms with Crippen LogP contribution in [0.5, 0.6) is 0 Å². The minimum absolute atomic E-state index is 0.0749. The largest absolute Gasteiger partial charge is 0.453 e. The Labute approximate surface area is 128 Å². The van der Waals surface area contributed by atoms with Gasteiger partial charge in [-0.25, -0.2) is 4.98 Å². The Hall–Kier alpha value is -2.63. The Bertz CT molecular complexity index is 661. The van der Waals surface area contributed by atoms with E-state index in [2.05, 4.69) is 4.98 Å². The SMILES string of the molecule is Cc1ccc(-c2cnc(CCC(=O)O[C@H](C)C(N)=O)o2)cc1. The number of nitrogens with two attached hydrogens (primary N) is 1. The number of esters is 1. The number of oxazole rings is 1. The molecule has 2 N–H and O–H groups in total. The number of aryl methyl sites for hydroxylation is 2. The van der Waals surface area contributed by atoms with Gasteiger partial charge in [0, 0.05) is 12.0 Å². The van der Waals surface area contributed by atoms with Gasteiger partial charge in [0.05, 0.1) is 12.6 Å². The molecule has 2 aromatic rings. The van der Waals surface area contributed by atoms with Crippen LogP contribution >= 0.6 is 0 Å². The molecule has 0 spiro atoms. The van der Waals surface area contributed by atoms with Gasteiger partial charge in [-0.15, -0.1) is 0 Å². The third-order valence-corrected chi connectivity index (χ3v) is 3.14. The first-order valence-corrected chi connectivity index (χ1v) is 6.96. The smallest absolute Gasteiger partial charge is 0.307 e. The lowest BCUT2D eigenvalue weighted by Crippen LogP contribution is -2.30. The number of benzene rings is 1. The fourth-order valence-electron chi connectivity index (χ4n) is 1.80. The topological polar surface area (TPSA) is 95.4 Å². The van der Waals surface area contributed by atoms with Gasteiger partial charge in [-0.3, -0.25) is 9.59 Å². The molecule has 1 amide bonds. The normalized spacial score (nSPS) is 11.9. The van der Waals surface area contributed by atoms with E-state index in [4.69, 9.17) is 14.9 Å². The summed E-state index contributed by atoms with van der Waals surface area (Å²) in [4.78, 5) is 26.5. The molecule has 0 aliphatic heterocycles. The van der Waals surface area contributed by atoms with Crippen LogP contribution < -0.4 is 5.73 Å². The fourth-order valence-corrected chi connectivity index (χ4v) is 1.80. The monoisotopic (exact) mass is 302 g/mol. The van der Waals surface area contributed by atoms with Crippen molar-refractivity contribution >= 4 is 11.9 Å². The summed E-state index contributed by atoms with van der Waals surface area (Å²) >= 11 is 0. The maximum Gasteiger partial charge on any atom is 0.307 e. The Balaban J connectivity index is 1.91. The van der Waals surface area contributed by atoms with Crippen molar-refractivity contribution < 1.29 is 18.7 Å². The lowest BCUT2D eigenvalue weighted by atomic mass is 10.1. The number of amides is 1. The van der Waals surface area contributed by atoms with Gasteiger partial charge in [0.15, 0.2) is 17.8 Å². The van der Waals surface area contributed by atoms with E-state index in [0.717, 1.165) is 11.1 Å². The van der Waals surface area contributed by atoms with E-state index in [-0.39, 0.29) is 6.42 Å². The molecular weight excluding hydrogens is 284 g/mol. The highest BCUT2D eigenvalue weighted by molar-refractivity contribution is 5.81. The third-order valence-electron chi connectivity index (χ3n) is 3.14. The van der Waals surface area contributed by atoms with Crippen LogP contribution in [0.15, 0.2) is 34.9 Å². The second kappa shape index (κ2) is 6.89. The van der Waals surface area contributed by atoms with Crippen molar-refractivity contribution in [3.05, 3.63) is 41.9 Å². The summed E-state index contributed by atoms with van der Waals surface area (Å²) in [5.41, 5.74) is 7.11. The van der Waals surface area contributed by atoms with E-state index in [0.29, 0.717) is 18.1 Å². The van der Waals surface area contributed by atoms with Crippen molar-refractivity contribution in [1.82, 2.24) is 4.98 Å². The minimum atomic E-state index is -0.930. The number of aromatic nitrogens is 1. The summed E-state index contributed by atoms with van der Waals surface area (Å²) in [6, 6.07) is 7.87. The molecular formula is C16H18N2O4. The quantitative estimate of drug-likeness (QED) is 0.823. The van der Waals surface area contributed by atoms with Crippen LogP contribution in [-0.2, 0) is 20.7 Å². The van der Waals surface area contributed by atoms with E-state index in [1.54, 1.807) is 6.20 Å². The molecule has 0 radical (unpaired) electrons. The Morgan fingerprint density at radius 2 is 2.00 bits per heavy atom. The highest BCUT2D eigenvalue weighted by atomic mass is 16.5. The number of hydrogen-bond donors (Lipinski definition) is 1. The van der Waals surface area contributed by atoms with Crippen molar-refractivity contribution in [2.24, 2.45) is 5.73 Å². The number of rotatable bonds is 6. The molecule has 6 heteroatoms. The van der Waals surface area contributed by atoms with E-state index in [1.165, 1.54) is 6.92 Å². The zero-order chi connectivity index (χ0) is 16.1. The van der Waals surface area contributed by atoms with Crippen LogP contribution in [0.2, 0.25) is 0 Å². The Kier molecular flexibility index (Phi) is 4.93. The lowest BCUT2D eigenvalue weighted by Gasteiger charge is -2.08. The van der Waals surface area contributed by atoms with Crippen LogP contribution in [0.3, 0.4) is 0 Å². The lowest BCUT2D eigenvalue weighted by molar-refractivity contribution is -0.153. The van der Waals surface area contributed by atoms with Crippen molar-refractivity contribution in [3.63, 3.8) is 0 Å². The van der Waals surface area contributed by atoms with Gasteiger partial charge in [-0.1, -0.05) is 29.8 Å². The fraction of sp³-hybridized carbons (Fsp3) is 0.312. The highest BCUT2D eigenvalue weighted by Gasteiger charge is 2.15. The first-order valence-electron chi connectivity index (χ1n) is 6.96. The van der Waals surface area contributed by atoms with E-state index < -0.39 is 18.0 Å².